The van der Waals surface area contributed by atoms with Gasteiger partial charge in [-0.2, -0.15) is 0 Å². The number of carbonyl (C=O) groups excluding carboxylic acids is 3. The molecule has 1 saturated heterocycles. The number of pyridine rings is 1. The number of aromatic nitrogens is 2. The van der Waals surface area contributed by atoms with E-state index in [0.717, 1.165) is 38.6 Å². The molecule has 2 aromatic heterocycles. The topological polar surface area (TPSA) is 128 Å². The number of aryl methyl sites for hydroxylation is 2. The lowest BCUT2D eigenvalue weighted by Gasteiger charge is -2.34. The second-order valence-electron chi connectivity index (χ2n) is 10.7. The van der Waals surface area contributed by atoms with Crippen LogP contribution in [0.25, 0.3) is 11.8 Å². The summed E-state index contributed by atoms with van der Waals surface area (Å²) in [5.74, 6) is -0.729. The highest BCUT2D eigenvalue weighted by Crippen LogP contribution is 2.32. The molecular formula is C35H27N5O6. The molecule has 0 bridgehead atoms. The van der Waals surface area contributed by atoms with Gasteiger partial charge in [0.25, 0.3) is 17.5 Å². The minimum absolute atomic E-state index is 0.133. The Morgan fingerprint density at radius 2 is 1.37 bits per heavy atom. The number of hydrogen-bond acceptors (Lipinski definition) is 7. The van der Waals surface area contributed by atoms with Crippen LogP contribution in [0.15, 0.2) is 109 Å². The molecule has 0 radical (unpaired) electrons. The summed E-state index contributed by atoms with van der Waals surface area (Å²) in [5.41, 5.74) is 4.43. The van der Waals surface area contributed by atoms with Gasteiger partial charge < -0.3 is 9.30 Å². The summed E-state index contributed by atoms with van der Waals surface area (Å²) >= 11 is 0. The van der Waals surface area contributed by atoms with E-state index in [0.29, 0.717) is 22.7 Å². The lowest BCUT2D eigenvalue weighted by molar-refractivity contribution is -0.385. The number of rotatable bonds is 7. The molecule has 1 aliphatic heterocycles. The van der Waals surface area contributed by atoms with Crippen molar-refractivity contribution in [1.29, 1.82) is 0 Å². The standard InChI is InChI=1S/C35H27N5O6/c1-22-9-11-28(12-10-22)39-34(42)31(33(41)38(35(39)43)26-7-5-4-6-8-26)20-25-19-23(2)37(24(25)3)27-13-16-30(17-14-27)46-32-18-15-29(21-36-32)40(44)45/h4-21H,1-3H3/b31-20+. The second-order valence-corrected chi connectivity index (χ2v) is 10.7. The molecule has 0 N–H and O–H groups in total. The molecule has 11 heteroatoms. The molecule has 0 saturated carbocycles. The summed E-state index contributed by atoms with van der Waals surface area (Å²) in [6.07, 6.45) is 2.66. The molecule has 4 amide bonds. The molecule has 0 aliphatic carbocycles. The Labute approximate surface area is 263 Å². The maximum absolute atomic E-state index is 13.9. The maximum atomic E-state index is 13.9. The molecular weight excluding hydrogens is 586 g/mol. The van der Waals surface area contributed by atoms with Crippen molar-refractivity contribution in [2.24, 2.45) is 0 Å². The van der Waals surface area contributed by atoms with Gasteiger partial charge in [-0.05, 0) is 87.0 Å². The van der Waals surface area contributed by atoms with Gasteiger partial charge in [-0.3, -0.25) is 19.7 Å². The van der Waals surface area contributed by atoms with Crippen molar-refractivity contribution < 1.29 is 24.0 Å². The van der Waals surface area contributed by atoms with Gasteiger partial charge >= 0.3 is 6.03 Å². The molecule has 5 aromatic rings. The van der Waals surface area contributed by atoms with Crippen LogP contribution in [-0.2, 0) is 9.59 Å². The third-order valence-electron chi connectivity index (χ3n) is 7.58. The smallest absolute Gasteiger partial charge is 0.343 e. The van der Waals surface area contributed by atoms with Crippen LogP contribution >= 0.6 is 0 Å². The van der Waals surface area contributed by atoms with Crippen LogP contribution in [0.4, 0.5) is 21.9 Å². The Morgan fingerprint density at radius 3 is 1.96 bits per heavy atom. The number of urea groups is 1. The number of nitrogens with zero attached hydrogens (tertiary/aromatic N) is 5. The SMILES string of the molecule is Cc1ccc(N2C(=O)/C(=C/c3cc(C)n(-c4ccc(Oc5ccc([N+](=O)[O-])cn5)cc4)c3C)C(=O)N(c3ccccc3)C2=O)cc1. The predicted molar refractivity (Wildman–Crippen MR) is 172 cm³/mol. The van der Waals surface area contributed by atoms with Gasteiger partial charge in [0.2, 0.25) is 5.88 Å². The van der Waals surface area contributed by atoms with Gasteiger partial charge in [0.1, 0.15) is 17.5 Å². The molecule has 0 unspecified atom stereocenters. The summed E-state index contributed by atoms with van der Waals surface area (Å²) in [4.78, 5) is 57.7. The summed E-state index contributed by atoms with van der Waals surface area (Å²) in [6.45, 7) is 5.69. The summed E-state index contributed by atoms with van der Waals surface area (Å²) in [6, 6.07) is 26.5. The Balaban J connectivity index is 1.34. The highest BCUT2D eigenvalue weighted by atomic mass is 16.6. The van der Waals surface area contributed by atoms with E-state index in [-0.39, 0.29) is 17.1 Å². The number of barbiturate groups is 1. The van der Waals surface area contributed by atoms with E-state index in [1.807, 2.05) is 43.5 Å². The van der Waals surface area contributed by atoms with Crippen LogP contribution in [0.5, 0.6) is 11.6 Å². The average molecular weight is 614 g/mol. The fourth-order valence-corrected chi connectivity index (χ4v) is 5.27. The first-order valence-corrected chi connectivity index (χ1v) is 14.3. The summed E-state index contributed by atoms with van der Waals surface area (Å²) < 4.78 is 7.71. The zero-order valence-electron chi connectivity index (χ0n) is 25.1. The Hall–Kier alpha value is -6.36. The summed E-state index contributed by atoms with van der Waals surface area (Å²) in [7, 11) is 0. The van der Waals surface area contributed by atoms with Crippen LogP contribution in [-0.4, -0.2) is 32.3 Å². The Kier molecular flexibility index (Phi) is 7.73. The lowest BCUT2D eigenvalue weighted by atomic mass is 10.0. The number of para-hydroxylation sites is 1. The van der Waals surface area contributed by atoms with E-state index < -0.39 is 22.8 Å². The largest absolute Gasteiger partial charge is 0.439 e. The molecule has 1 fully saturated rings. The molecule has 228 valence electrons. The van der Waals surface area contributed by atoms with Gasteiger partial charge in [0.05, 0.1) is 16.3 Å². The molecule has 3 heterocycles. The monoisotopic (exact) mass is 613 g/mol. The zero-order valence-corrected chi connectivity index (χ0v) is 25.1. The number of ether oxygens (including phenoxy) is 1. The molecule has 0 spiro atoms. The minimum Gasteiger partial charge on any atom is -0.439 e. The van der Waals surface area contributed by atoms with Gasteiger partial charge in [0, 0.05) is 29.2 Å². The molecule has 11 nitrogen and oxygen atoms in total. The number of anilines is 2. The molecule has 0 atom stereocenters. The Morgan fingerprint density at radius 1 is 0.761 bits per heavy atom. The van der Waals surface area contributed by atoms with Crippen LogP contribution in [0.3, 0.4) is 0 Å². The first kappa shape index (κ1) is 29.7. The fourth-order valence-electron chi connectivity index (χ4n) is 5.27. The number of imide groups is 2. The van der Waals surface area contributed by atoms with E-state index in [4.69, 9.17) is 4.74 Å². The molecule has 1 aliphatic rings. The highest BCUT2D eigenvalue weighted by molar-refractivity contribution is 6.46. The second kappa shape index (κ2) is 12.0. The van der Waals surface area contributed by atoms with Crippen molar-refractivity contribution in [1.82, 2.24) is 9.55 Å². The first-order chi connectivity index (χ1) is 22.1. The predicted octanol–water partition coefficient (Wildman–Crippen LogP) is 7.08. The highest BCUT2D eigenvalue weighted by Gasteiger charge is 2.43. The molecule has 6 rings (SSSR count). The van der Waals surface area contributed by atoms with Gasteiger partial charge in [0.15, 0.2) is 0 Å². The van der Waals surface area contributed by atoms with Crippen LogP contribution in [0.2, 0.25) is 0 Å². The van der Waals surface area contributed by atoms with Crippen molar-refractivity contribution in [3.05, 3.63) is 141 Å². The van der Waals surface area contributed by atoms with Crippen molar-refractivity contribution in [2.75, 3.05) is 9.80 Å². The van der Waals surface area contributed by atoms with Crippen molar-refractivity contribution in [3.8, 4) is 17.3 Å². The maximum Gasteiger partial charge on any atom is 0.343 e. The van der Waals surface area contributed by atoms with E-state index in [1.165, 1.54) is 18.2 Å². The van der Waals surface area contributed by atoms with Crippen LogP contribution in [0, 0.1) is 30.9 Å². The van der Waals surface area contributed by atoms with E-state index in [9.17, 15) is 24.5 Å². The van der Waals surface area contributed by atoms with E-state index >= 15 is 0 Å². The zero-order chi connectivity index (χ0) is 32.5. The third kappa shape index (κ3) is 5.52. The quantitative estimate of drug-likeness (QED) is 0.0830. The van der Waals surface area contributed by atoms with Crippen LogP contribution in [0.1, 0.15) is 22.5 Å². The lowest BCUT2D eigenvalue weighted by Crippen LogP contribution is -2.57. The minimum atomic E-state index is -0.751. The number of nitro groups is 1. The number of carbonyl (C=O) groups is 3. The average Bonchev–Trinajstić information content (AvgIpc) is 3.33. The van der Waals surface area contributed by atoms with Crippen molar-refractivity contribution in [3.63, 3.8) is 0 Å². The normalized spacial score (nSPS) is 14.2. The molecule has 3 aromatic carbocycles. The van der Waals surface area contributed by atoms with Crippen molar-refractivity contribution >= 4 is 41.0 Å². The van der Waals surface area contributed by atoms with Crippen LogP contribution < -0.4 is 14.5 Å². The van der Waals surface area contributed by atoms with Crippen molar-refractivity contribution in [2.45, 2.75) is 20.8 Å². The summed E-state index contributed by atoms with van der Waals surface area (Å²) in [5, 5.41) is 10.9. The number of hydrogen-bond donors (Lipinski definition) is 0. The number of benzene rings is 3. The van der Waals surface area contributed by atoms with Gasteiger partial charge in [-0.1, -0.05) is 35.9 Å². The van der Waals surface area contributed by atoms with E-state index in [1.54, 1.807) is 66.7 Å². The van der Waals surface area contributed by atoms with Gasteiger partial charge in [-0.25, -0.2) is 19.6 Å². The first-order valence-electron chi connectivity index (χ1n) is 14.3. The van der Waals surface area contributed by atoms with E-state index in [2.05, 4.69) is 4.98 Å². The number of amides is 4. The third-order valence-corrected chi connectivity index (χ3v) is 7.58. The molecule has 46 heavy (non-hydrogen) atoms. The Bertz CT molecular complexity index is 2020. The fraction of sp³-hybridized carbons (Fsp3) is 0.0857. The van der Waals surface area contributed by atoms with Gasteiger partial charge in [-0.15, -0.1) is 0 Å².